The Hall–Kier alpha value is -1.09. The molecule has 0 spiro atoms. The van der Waals surface area contributed by atoms with Gasteiger partial charge in [-0.05, 0) is 30.5 Å². The number of hydrogen-bond acceptors (Lipinski definition) is 4. The molecule has 2 rings (SSSR count). The van der Waals surface area contributed by atoms with E-state index in [1.165, 1.54) is 10.4 Å². The molecule has 0 amide bonds. The highest BCUT2D eigenvalue weighted by molar-refractivity contribution is 7.89. The summed E-state index contributed by atoms with van der Waals surface area (Å²) >= 11 is 4.72. The average molecular weight is 332 g/mol. The first-order chi connectivity index (χ1) is 9.78. The summed E-state index contributed by atoms with van der Waals surface area (Å²) in [6, 6.07) is 2.90. The molecule has 1 fully saturated rings. The topological polar surface area (TPSA) is 83.6 Å². The van der Waals surface area contributed by atoms with Gasteiger partial charge in [-0.2, -0.15) is 4.31 Å². The standard InChI is InChI=1S/C13H17FN2O3S2/c1-8-4-5-16(12(8)7-17)21(18,19)9-2-3-11(14)10(6-9)13(15)20/h2-3,6,8,12,17H,4-5,7H2,1H3,(H2,15,20). The van der Waals surface area contributed by atoms with Gasteiger partial charge in [0, 0.05) is 12.1 Å². The molecule has 0 radical (unpaired) electrons. The van der Waals surface area contributed by atoms with Crippen LogP contribution in [0.1, 0.15) is 18.9 Å². The van der Waals surface area contributed by atoms with E-state index in [0.717, 1.165) is 12.1 Å². The van der Waals surface area contributed by atoms with Crippen LogP contribution in [0.15, 0.2) is 23.1 Å². The Morgan fingerprint density at radius 1 is 1.57 bits per heavy atom. The maximum absolute atomic E-state index is 13.6. The van der Waals surface area contributed by atoms with E-state index in [9.17, 15) is 17.9 Å². The highest BCUT2D eigenvalue weighted by Gasteiger charge is 2.39. The van der Waals surface area contributed by atoms with E-state index in [4.69, 9.17) is 18.0 Å². The molecule has 2 unspecified atom stereocenters. The minimum absolute atomic E-state index is 0.0697. The molecule has 1 aromatic carbocycles. The van der Waals surface area contributed by atoms with Gasteiger partial charge in [0.15, 0.2) is 0 Å². The molecule has 2 atom stereocenters. The summed E-state index contributed by atoms with van der Waals surface area (Å²) in [5, 5.41) is 9.40. The third kappa shape index (κ3) is 2.94. The van der Waals surface area contributed by atoms with E-state index < -0.39 is 21.9 Å². The lowest BCUT2D eigenvalue weighted by molar-refractivity contribution is 0.191. The summed E-state index contributed by atoms with van der Waals surface area (Å²) in [4.78, 5) is -0.266. The molecule has 1 saturated heterocycles. The van der Waals surface area contributed by atoms with Crippen molar-refractivity contribution in [2.45, 2.75) is 24.3 Å². The normalized spacial score (nSPS) is 23.4. The van der Waals surface area contributed by atoms with Gasteiger partial charge >= 0.3 is 0 Å². The van der Waals surface area contributed by atoms with Crippen LogP contribution in [0.25, 0.3) is 0 Å². The molecule has 0 bridgehead atoms. The average Bonchev–Trinajstić information content (AvgIpc) is 2.80. The van der Waals surface area contributed by atoms with Crippen molar-refractivity contribution in [2.24, 2.45) is 11.7 Å². The van der Waals surface area contributed by atoms with Gasteiger partial charge < -0.3 is 10.8 Å². The van der Waals surface area contributed by atoms with Crippen molar-refractivity contribution < 1.29 is 17.9 Å². The molecule has 1 heterocycles. The van der Waals surface area contributed by atoms with Crippen LogP contribution in [0, 0.1) is 11.7 Å². The first-order valence-electron chi connectivity index (χ1n) is 6.51. The van der Waals surface area contributed by atoms with Gasteiger partial charge in [-0.3, -0.25) is 0 Å². The second-order valence-electron chi connectivity index (χ2n) is 5.14. The van der Waals surface area contributed by atoms with Gasteiger partial charge in [0.1, 0.15) is 10.8 Å². The largest absolute Gasteiger partial charge is 0.395 e. The molecule has 0 aliphatic carbocycles. The predicted octanol–water partition coefficient (Wildman–Crippen LogP) is 0.851. The summed E-state index contributed by atoms with van der Waals surface area (Å²) in [6.07, 6.45) is 0.674. The van der Waals surface area contributed by atoms with Gasteiger partial charge in [-0.15, -0.1) is 0 Å². The van der Waals surface area contributed by atoms with Gasteiger partial charge in [0.05, 0.1) is 17.5 Å². The van der Waals surface area contributed by atoms with Gasteiger partial charge in [0.25, 0.3) is 0 Å². The first kappa shape index (κ1) is 16.3. The Bertz CT molecular complexity index is 663. The molecule has 116 valence electrons. The number of aliphatic hydroxyl groups excluding tert-OH is 1. The summed E-state index contributed by atoms with van der Waals surface area (Å²) in [5.41, 5.74) is 5.30. The van der Waals surface area contributed by atoms with E-state index in [-0.39, 0.29) is 28.0 Å². The molecule has 1 aliphatic rings. The smallest absolute Gasteiger partial charge is 0.243 e. The van der Waals surface area contributed by atoms with Crippen LogP contribution >= 0.6 is 12.2 Å². The predicted molar refractivity (Wildman–Crippen MR) is 80.8 cm³/mol. The molecular weight excluding hydrogens is 315 g/mol. The van der Waals surface area contributed by atoms with Crippen LogP contribution in [0.3, 0.4) is 0 Å². The maximum atomic E-state index is 13.6. The number of aliphatic hydroxyl groups is 1. The van der Waals surface area contributed by atoms with E-state index in [1.807, 2.05) is 6.92 Å². The van der Waals surface area contributed by atoms with Crippen LogP contribution in [0.2, 0.25) is 0 Å². The van der Waals surface area contributed by atoms with Crippen molar-refractivity contribution in [3.05, 3.63) is 29.6 Å². The van der Waals surface area contributed by atoms with E-state index in [2.05, 4.69) is 0 Å². The fourth-order valence-electron chi connectivity index (χ4n) is 2.53. The molecule has 5 nitrogen and oxygen atoms in total. The number of thiocarbonyl (C=S) groups is 1. The molecule has 0 saturated carbocycles. The molecule has 21 heavy (non-hydrogen) atoms. The second-order valence-corrected chi connectivity index (χ2v) is 7.47. The highest BCUT2D eigenvalue weighted by atomic mass is 32.2. The Balaban J connectivity index is 2.45. The minimum atomic E-state index is -3.81. The lowest BCUT2D eigenvalue weighted by Crippen LogP contribution is -2.39. The van der Waals surface area contributed by atoms with Crippen LogP contribution in [-0.2, 0) is 10.0 Å². The highest BCUT2D eigenvalue weighted by Crippen LogP contribution is 2.30. The Morgan fingerprint density at radius 2 is 2.24 bits per heavy atom. The fraction of sp³-hybridized carbons (Fsp3) is 0.462. The Labute approximate surface area is 128 Å². The van der Waals surface area contributed by atoms with E-state index in [0.29, 0.717) is 13.0 Å². The van der Waals surface area contributed by atoms with Crippen LogP contribution < -0.4 is 5.73 Å². The third-order valence-electron chi connectivity index (χ3n) is 3.83. The summed E-state index contributed by atoms with van der Waals surface area (Å²) in [7, 11) is -3.81. The number of benzene rings is 1. The zero-order valence-electron chi connectivity index (χ0n) is 11.5. The number of nitrogens with two attached hydrogens (primary N) is 1. The Morgan fingerprint density at radius 3 is 2.81 bits per heavy atom. The fourth-order valence-corrected chi connectivity index (χ4v) is 4.44. The van der Waals surface area contributed by atoms with Crippen molar-refractivity contribution in [2.75, 3.05) is 13.2 Å². The van der Waals surface area contributed by atoms with Crippen molar-refractivity contribution in [1.29, 1.82) is 0 Å². The van der Waals surface area contributed by atoms with E-state index in [1.54, 1.807) is 0 Å². The number of nitrogens with zero attached hydrogens (tertiary/aromatic N) is 1. The Kier molecular flexibility index (Phi) is 4.62. The summed E-state index contributed by atoms with van der Waals surface area (Å²) in [6.45, 7) is 1.97. The molecule has 1 aliphatic heterocycles. The monoisotopic (exact) mass is 332 g/mol. The lowest BCUT2D eigenvalue weighted by atomic mass is 10.0. The van der Waals surface area contributed by atoms with Crippen molar-refractivity contribution >= 4 is 27.2 Å². The molecular formula is C13H17FN2O3S2. The van der Waals surface area contributed by atoms with Crippen molar-refractivity contribution in [3.63, 3.8) is 0 Å². The number of rotatable bonds is 4. The van der Waals surface area contributed by atoms with Crippen molar-refractivity contribution in [1.82, 2.24) is 4.31 Å². The minimum Gasteiger partial charge on any atom is -0.395 e. The zero-order valence-corrected chi connectivity index (χ0v) is 13.1. The van der Waals surface area contributed by atoms with Crippen LogP contribution in [0.4, 0.5) is 4.39 Å². The lowest BCUT2D eigenvalue weighted by Gasteiger charge is -2.24. The summed E-state index contributed by atoms with van der Waals surface area (Å²) in [5.74, 6) is -0.588. The maximum Gasteiger partial charge on any atom is 0.243 e. The number of halogens is 1. The zero-order chi connectivity index (χ0) is 15.8. The molecule has 3 N–H and O–H groups in total. The molecule has 8 heteroatoms. The SMILES string of the molecule is CC1CCN(S(=O)(=O)c2ccc(F)c(C(N)=S)c2)C1CO. The first-order valence-corrected chi connectivity index (χ1v) is 8.36. The number of hydrogen-bond donors (Lipinski definition) is 2. The quantitative estimate of drug-likeness (QED) is 0.799. The molecule has 1 aromatic rings. The van der Waals surface area contributed by atoms with Gasteiger partial charge in [0.2, 0.25) is 10.0 Å². The third-order valence-corrected chi connectivity index (χ3v) is 5.97. The van der Waals surface area contributed by atoms with Crippen molar-refractivity contribution in [3.8, 4) is 0 Å². The van der Waals surface area contributed by atoms with Crippen LogP contribution in [-0.4, -0.2) is 42.0 Å². The number of sulfonamides is 1. The summed E-state index contributed by atoms with van der Waals surface area (Å²) < 4.78 is 40.1. The van der Waals surface area contributed by atoms with E-state index >= 15 is 0 Å². The molecule has 0 aromatic heterocycles. The van der Waals surface area contributed by atoms with Gasteiger partial charge in [-0.1, -0.05) is 19.1 Å². The second kappa shape index (κ2) is 5.96. The van der Waals surface area contributed by atoms with Crippen LogP contribution in [0.5, 0.6) is 0 Å². The van der Waals surface area contributed by atoms with Gasteiger partial charge in [-0.25, -0.2) is 12.8 Å².